The fourth-order valence-corrected chi connectivity index (χ4v) is 5.89. The lowest BCUT2D eigenvalue weighted by Crippen LogP contribution is -2.23. The molecule has 3 unspecified atom stereocenters. The van der Waals surface area contributed by atoms with Crippen molar-refractivity contribution in [3.05, 3.63) is 51.7 Å². The molecule has 1 heterocycles. The van der Waals surface area contributed by atoms with E-state index in [0.717, 1.165) is 62.3 Å². The normalized spacial score (nSPS) is 23.2. The van der Waals surface area contributed by atoms with Crippen LogP contribution in [-0.4, -0.2) is 27.0 Å². The third-order valence-corrected chi connectivity index (χ3v) is 8.07. The number of nitrogens with one attached hydrogen (secondary N) is 1. The van der Waals surface area contributed by atoms with E-state index in [0.29, 0.717) is 31.5 Å². The quantitative estimate of drug-likeness (QED) is 0.349. The van der Waals surface area contributed by atoms with Gasteiger partial charge in [-0.3, -0.25) is 4.79 Å². The van der Waals surface area contributed by atoms with E-state index < -0.39 is 23.8 Å². The molecule has 0 bridgehead atoms. The first-order chi connectivity index (χ1) is 17.7. The SMILES string of the molecule is C[C@@H](Nc1nc(Cl)nc2c1CC(CCC(=O)C1CCCCC(O)CC1)CC2)c1cccc(C(F)F)c1F. The van der Waals surface area contributed by atoms with Crippen molar-refractivity contribution in [1.29, 1.82) is 0 Å². The average Bonchev–Trinajstić information content (AvgIpc) is 2.85. The van der Waals surface area contributed by atoms with Crippen LogP contribution in [0.4, 0.5) is 19.0 Å². The molecule has 2 aromatic rings. The summed E-state index contributed by atoms with van der Waals surface area (Å²) in [7, 11) is 0. The Balaban J connectivity index is 1.43. The number of hydrogen-bond donors (Lipinski definition) is 2. The van der Waals surface area contributed by atoms with Crippen LogP contribution in [0.15, 0.2) is 18.2 Å². The van der Waals surface area contributed by atoms with Gasteiger partial charge in [0, 0.05) is 23.5 Å². The Hall–Kier alpha value is -2.19. The lowest BCUT2D eigenvalue weighted by atomic mass is 9.81. The number of halogens is 4. The summed E-state index contributed by atoms with van der Waals surface area (Å²) in [4.78, 5) is 21.7. The summed E-state index contributed by atoms with van der Waals surface area (Å²) in [5.41, 5.74) is 1.22. The molecular weight excluding hydrogens is 503 g/mol. The molecule has 0 saturated heterocycles. The number of benzene rings is 1. The molecule has 2 aliphatic rings. The number of aliphatic hydroxyl groups is 1. The first-order valence-corrected chi connectivity index (χ1v) is 13.7. The van der Waals surface area contributed by atoms with E-state index in [9.17, 15) is 23.1 Å². The second kappa shape index (κ2) is 12.6. The molecule has 1 fully saturated rings. The van der Waals surface area contributed by atoms with Gasteiger partial charge in [-0.2, -0.15) is 0 Å². The largest absolute Gasteiger partial charge is 0.393 e. The van der Waals surface area contributed by atoms with Crippen LogP contribution >= 0.6 is 11.6 Å². The Morgan fingerprint density at radius 3 is 2.68 bits per heavy atom. The number of nitrogens with zero attached hydrogens (tertiary/aromatic N) is 2. The number of aryl methyl sites for hydroxylation is 1. The van der Waals surface area contributed by atoms with E-state index in [2.05, 4.69) is 15.3 Å². The van der Waals surface area contributed by atoms with Crippen LogP contribution in [0.25, 0.3) is 0 Å². The Kier molecular flexibility index (Phi) is 9.46. The van der Waals surface area contributed by atoms with Gasteiger partial charge in [-0.1, -0.05) is 31.0 Å². The standard InChI is InChI=1S/C28H35ClF3N3O2/c1-16(20-7-4-8-21(25(20)30)26(31)32)33-27-22-15-17(9-13-23(22)34-28(29)35-27)10-14-24(37)18-5-2-3-6-19(36)12-11-18/h4,7-8,16-19,26,36H,2-3,5-6,9-15H2,1H3,(H,33,34,35)/t16-,17?,18?,19?/m1/s1. The number of carbonyl (C=O) groups is 1. The Bertz CT molecular complexity index is 1100. The van der Waals surface area contributed by atoms with E-state index in [1.54, 1.807) is 6.92 Å². The van der Waals surface area contributed by atoms with Crippen molar-refractivity contribution >= 4 is 23.2 Å². The van der Waals surface area contributed by atoms with Gasteiger partial charge in [0.05, 0.1) is 23.4 Å². The van der Waals surface area contributed by atoms with Crippen molar-refractivity contribution in [2.45, 2.75) is 96.1 Å². The highest BCUT2D eigenvalue weighted by molar-refractivity contribution is 6.28. The van der Waals surface area contributed by atoms with Gasteiger partial charge in [0.25, 0.3) is 6.43 Å². The van der Waals surface area contributed by atoms with Crippen molar-refractivity contribution in [1.82, 2.24) is 9.97 Å². The van der Waals surface area contributed by atoms with E-state index in [1.807, 2.05) is 0 Å². The number of anilines is 1. The zero-order valence-corrected chi connectivity index (χ0v) is 21.9. The Morgan fingerprint density at radius 1 is 1.14 bits per heavy atom. The van der Waals surface area contributed by atoms with Gasteiger partial charge < -0.3 is 10.4 Å². The van der Waals surface area contributed by atoms with Crippen molar-refractivity contribution in [3.63, 3.8) is 0 Å². The first-order valence-electron chi connectivity index (χ1n) is 13.3. The van der Waals surface area contributed by atoms with Crippen LogP contribution < -0.4 is 5.32 Å². The summed E-state index contributed by atoms with van der Waals surface area (Å²) >= 11 is 6.17. The monoisotopic (exact) mass is 537 g/mol. The lowest BCUT2D eigenvalue weighted by molar-refractivity contribution is -0.124. The molecule has 0 radical (unpaired) electrons. The maximum atomic E-state index is 14.7. The molecule has 1 saturated carbocycles. The second-order valence-corrected chi connectivity index (χ2v) is 10.8. The number of alkyl halides is 2. The highest BCUT2D eigenvalue weighted by Crippen LogP contribution is 2.35. The molecule has 4 atom stereocenters. The van der Waals surface area contributed by atoms with Crippen LogP contribution in [0, 0.1) is 17.7 Å². The van der Waals surface area contributed by atoms with E-state index in [4.69, 9.17) is 11.6 Å². The van der Waals surface area contributed by atoms with Gasteiger partial charge in [0.2, 0.25) is 5.28 Å². The molecule has 2 N–H and O–H groups in total. The zero-order valence-electron chi connectivity index (χ0n) is 21.2. The average molecular weight is 538 g/mol. The molecule has 2 aliphatic carbocycles. The molecule has 1 aromatic carbocycles. The van der Waals surface area contributed by atoms with Gasteiger partial charge in [0.15, 0.2) is 0 Å². The van der Waals surface area contributed by atoms with Crippen LogP contribution in [0.3, 0.4) is 0 Å². The van der Waals surface area contributed by atoms with Gasteiger partial charge in [-0.25, -0.2) is 23.1 Å². The number of hydrogen-bond acceptors (Lipinski definition) is 5. The summed E-state index contributed by atoms with van der Waals surface area (Å²) in [5, 5.41) is 13.2. The fourth-order valence-electron chi connectivity index (χ4n) is 5.70. The maximum Gasteiger partial charge on any atom is 0.266 e. The Labute approximate surface area is 221 Å². The van der Waals surface area contributed by atoms with Crippen molar-refractivity contribution in [2.75, 3.05) is 5.32 Å². The van der Waals surface area contributed by atoms with Gasteiger partial charge in [0.1, 0.15) is 17.4 Å². The summed E-state index contributed by atoms with van der Waals surface area (Å²) < 4.78 is 41.1. The lowest BCUT2D eigenvalue weighted by Gasteiger charge is -2.28. The van der Waals surface area contributed by atoms with Crippen LogP contribution in [0.2, 0.25) is 5.28 Å². The van der Waals surface area contributed by atoms with E-state index in [-0.39, 0.29) is 34.6 Å². The molecule has 9 heteroatoms. The number of fused-ring (bicyclic) bond motifs is 1. The van der Waals surface area contributed by atoms with E-state index in [1.165, 1.54) is 12.1 Å². The smallest absolute Gasteiger partial charge is 0.266 e. The van der Waals surface area contributed by atoms with Crippen LogP contribution in [0.1, 0.15) is 99.6 Å². The summed E-state index contributed by atoms with van der Waals surface area (Å²) in [6.45, 7) is 1.70. The van der Waals surface area contributed by atoms with Gasteiger partial charge >= 0.3 is 0 Å². The fraction of sp³-hybridized carbons (Fsp3) is 0.607. The summed E-state index contributed by atoms with van der Waals surface area (Å²) in [6.07, 6.45) is 5.47. The highest BCUT2D eigenvalue weighted by atomic mass is 35.5. The Morgan fingerprint density at radius 2 is 1.89 bits per heavy atom. The second-order valence-electron chi connectivity index (χ2n) is 10.5. The first kappa shape index (κ1) is 27.8. The molecule has 4 rings (SSSR count). The number of aliphatic hydroxyl groups excluding tert-OH is 1. The number of Topliss-reactive ketones (excluding diaryl/α,β-unsaturated/α-hetero) is 1. The third-order valence-electron chi connectivity index (χ3n) is 7.90. The molecule has 0 aliphatic heterocycles. The summed E-state index contributed by atoms with van der Waals surface area (Å²) in [5.74, 6) is 0.146. The van der Waals surface area contributed by atoms with Crippen molar-refractivity contribution < 1.29 is 23.1 Å². The van der Waals surface area contributed by atoms with Crippen LogP contribution in [-0.2, 0) is 17.6 Å². The molecular formula is C28H35ClF3N3O2. The minimum atomic E-state index is -2.90. The number of ketones is 1. The van der Waals surface area contributed by atoms with Crippen molar-refractivity contribution in [2.24, 2.45) is 11.8 Å². The van der Waals surface area contributed by atoms with E-state index >= 15 is 0 Å². The maximum absolute atomic E-state index is 14.7. The minimum Gasteiger partial charge on any atom is -0.393 e. The third kappa shape index (κ3) is 7.02. The molecule has 0 spiro atoms. The highest BCUT2D eigenvalue weighted by Gasteiger charge is 2.28. The molecule has 5 nitrogen and oxygen atoms in total. The zero-order chi connectivity index (χ0) is 26.5. The van der Waals surface area contributed by atoms with Gasteiger partial charge in [-0.05, 0) is 75.8 Å². The van der Waals surface area contributed by atoms with Crippen LogP contribution in [0.5, 0.6) is 0 Å². The molecule has 1 aromatic heterocycles. The topological polar surface area (TPSA) is 75.1 Å². The number of aromatic nitrogens is 2. The van der Waals surface area contributed by atoms with Crippen molar-refractivity contribution in [3.8, 4) is 0 Å². The number of carbonyl (C=O) groups excluding carboxylic acids is 1. The number of rotatable bonds is 8. The predicted octanol–water partition coefficient (Wildman–Crippen LogP) is 7.17. The molecule has 0 amide bonds. The molecule has 202 valence electrons. The van der Waals surface area contributed by atoms with Gasteiger partial charge in [-0.15, -0.1) is 0 Å². The minimum absolute atomic E-state index is 0.0324. The predicted molar refractivity (Wildman–Crippen MR) is 137 cm³/mol. The molecule has 37 heavy (non-hydrogen) atoms. The summed E-state index contributed by atoms with van der Waals surface area (Å²) in [6, 6.07) is 3.37.